The molecule has 4 rings (SSSR count). The lowest BCUT2D eigenvalue weighted by atomic mass is 9.77. The molecule has 1 unspecified atom stereocenters. The molecular weight excluding hydrogens is 824 g/mol. The molecule has 0 aromatic carbocycles. The Hall–Kier alpha value is -1.98. The minimum absolute atomic E-state index is 0.0852. The third-order valence-corrected chi connectivity index (χ3v) is 14.2. The molecule has 1 aromatic heterocycles. The fraction of sp³-hybridized carbons (Fsp3) is 0.932. The van der Waals surface area contributed by atoms with Crippen LogP contribution in [0.5, 0.6) is 0 Å². The number of esters is 1. The minimum Gasteiger partial charge on any atom is -0.459 e. The van der Waals surface area contributed by atoms with Crippen molar-refractivity contribution in [1.82, 2.24) is 24.8 Å². The van der Waals surface area contributed by atoms with E-state index in [0.717, 1.165) is 0 Å². The van der Waals surface area contributed by atoms with E-state index in [1.54, 1.807) is 54.7 Å². The Morgan fingerprint density at radius 1 is 1.05 bits per heavy atom. The lowest BCUT2D eigenvalue weighted by Crippen LogP contribution is -2.61. The summed E-state index contributed by atoms with van der Waals surface area (Å²) in [7, 11) is 5.20. The molecule has 3 saturated heterocycles. The zero-order valence-corrected chi connectivity index (χ0v) is 40.0. The number of aliphatic hydroxyl groups is 5. The molecule has 4 heterocycles. The number of hydrogen-bond donors (Lipinski definition) is 6. The molecule has 63 heavy (non-hydrogen) atoms. The molecular formula is C44H81FN6O12. The Bertz CT molecular complexity index is 1570. The highest BCUT2D eigenvalue weighted by Gasteiger charge is 2.53. The first kappa shape index (κ1) is 53.6. The first-order valence-corrected chi connectivity index (χ1v) is 22.8. The number of hydrogen-bond acceptors (Lipinski definition) is 17. The van der Waals surface area contributed by atoms with Gasteiger partial charge in [0.25, 0.3) is 0 Å². The van der Waals surface area contributed by atoms with E-state index >= 15 is 0 Å². The molecule has 0 aliphatic carbocycles. The number of methoxy groups -OCH3 is 1. The second kappa shape index (κ2) is 22.2. The van der Waals surface area contributed by atoms with Crippen LogP contribution in [-0.2, 0) is 39.6 Å². The van der Waals surface area contributed by atoms with Crippen LogP contribution in [0.4, 0.5) is 4.39 Å². The molecule has 19 heteroatoms. The maximum Gasteiger partial charge on any atom is 0.311 e. The molecule has 3 aliphatic rings. The van der Waals surface area contributed by atoms with Crippen molar-refractivity contribution in [2.24, 2.45) is 23.5 Å². The zero-order chi connectivity index (χ0) is 47.4. The van der Waals surface area contributed by atoms with Crippen molar-refractivity contribution in [3.05, 3.63) is 11.9 Å². The molecule has 3 aliphatic heterocycles. The van der Waals surface area contributed by atoms with Crippen LogP contribution in [0.15, 0.2) is 6.20 Å². The topological polar surface area (TPSA) is 237 Å². The monoisotopic (exact) mass is 905 g/mol. The number of halogens is 1. The van der Waals surface area contributed by atoms with Gasteiger partial charge in [0.2, 0.25) is 0 Å². The van der Waals surface area contributed by atoms with Gasteiger partial charge in [0.1, 0.15) is 36.7 Å². The van der Waals surface area contributed by atoms with Gasteiger partial charge in [0, 0.05) is 63.8 Å². The Balaban J connectivity index is 1.74. The summed E-state index contributed by atoms with van der Waals surface area (Å²) in [6.07, 6.45) is -7.05. The largest absolute Gasteiger partial charge is 0.459 e. The maximum absolute atomic E-state index is 14.4. The van der Waals surface area contributed by atoms with Crippen LogP contribution in [0.25, 0.3) is 0 Å². The fourth-order valence-corrected chi connectivity index (χ4v) is 9.97. The molecule has 0 bridgehead atoms. The van der Waals surface area contributed by atoms with E-state index in [9.17, 15) is 34.7 Å². The first-order valence-electron chi connectivity index (χ1n) is 22.8. The third kappa shape index (κ3) is 12.5. The minimum atomic E-state index is -1.84. The summed E-state index contributed by atoms with van der Waals surface area (Å²) in [5.41, 5.74) is 1.80. The summed E-state index contributed by atoms with van der Waals surface area (Å²) in [4.78, 5) is 18.3. The number of cyclic esters (lactones) is 1. The first-order chi connectivity index (χ1) is 29.3. The van der Waals surface area contributed by atoms with Gasteiger partial charge in [-0.2, -0.15) is 0 Å². The second-order valence-corrected chi connectivity index (χ2v) is 19.7. The van der Waals surface area contributed by atoms with Crippen molar-refractivity contribution in [2.75, 3.05) is 47.5 Å². The summed E-state index contributed by atoms with van der Waals surface area (Å²) in [5.74, 6) is -2.81. The van der Waals surface area contributed by atoms with Crippen LogP contribution in [-0.4, -0.2) is 194 Å². The number of carbonyl (C=O) groups excluding carboxylic acids is 1. The van der Waals surface area contributed by atoms with E-state index in [1.807, 2.05) is 37.7 Å². The van der Waals surface area contributed by atoms with E-state index in [2.05, 4.69) is 10.3 Å². The van der Waals surface area contributed by atoms with Gasteiger partial charge < -0.3 is 69.5 Å². The summed E-state index contributed by atoms with van der Waals surface area (Å²) < 4.78 is 52.9. The summed E-state index contributed by atoms with van der Waals surface area (Å²) in [6, 6.07) is -1.63. The van der Waals surface area contributed by atoms with E-state index in [4.69, 9.17) is 34.2 Å². The molecule has 0 amide bonds. The third-order valence-electron chi connectivity index (χ3n) is 14.2. The number of likely N-dealkylation sites (N-methyl/N-ethyl adjacent to an activating group) is 2. The Labute approximate surface area is 373 Å². The van der Waals surface area contributed by atoms with Gasteiger partial charge in [-0.05, 0) is 87.7 Å². The molecule has 1 aromatic rings. The number of nitrogens with two attached hydrogens (primary N) is 1. The van der Waals surface area contributed by atoms with Crippen LogP contribution in [0, 0.1) is 17.8 Å². The second-order valence-electron chi connectivity index (χ2n) is 19.7. The lowest BCUT2D eigenvalue weighted by molar-refractivity contribution is -0.318. The molecule has 18 nitrogen and oxygen atoms in total. The highest BCUT2D eigenvalue weighted by atomic mass is 19.1. The van der Waals surface area contributed by atoms with Crippen LogP contribution in [0.2, 0.25) is 0 Å². The normalized spacial score (nSPS) is 43.6. The van der Waals surface area contributed by atoms with Crippen LogP contribution in [0.1, 0.15) is 107 Å². The smallest absolute Gasteiger partial charge is 0.311 e. The Morgan fingerprint density at radius 3 is 2.32 bits per heavy atom. The number of aliphatic hydroxyl groups excluding tert-OH is 3. The molecule has 0 radical (unpaired) electrons. The SMILES string of the molecule is CC[C@H]1OC(=O)[C@H](C)[C@@H](O[C@H]2C[C@@](C)(OC)[C@@H](O)[C@H](C)O2)[C@H](C)[C@@H](O[C@@H]2O[C@H](C)C[C@H](N(C)CCc3cn(C(CN)CF)nn3)[C@H]2O)[C@](C)(O)C[C@@H](C)CN(C)[C@H](C)[C@@H](O)[C@]1(C)O. The van der Waals surface area contributed by atoms with Crippen LogP contribution >= 0.6 is 0 Å². The van der Waals surface area contributed by atoms with Crippen LogP contribution < -0.4 is 5.73 Å². The Morgan fingerprint density at radius 2 is 1.71 bits per heavy atom. The van der Waals surface area contributed by atoms with Gasteiger partial charge in [-0.1, -0.05) is 26.0 Å². The van der Waals surface area contributed by atoms with E-state index < -0.39 is 115 Å². The molecule has 0 spiro atoms. The van der Waals surface area contributed by atoms with Crippen molar-refractivity contribution in [3.63, 3.8) is 0 Å². The number of ether oxygens (including phenoxy) is 6. The van der Waals surface area contributed by atoms with Crippen molar-refractivity contribution < 1.29 is 63.1 Å². The zero-order valence-electron chi connectivity index (χ0n) is 40.0. The van der Waals surface area contributed by atoms with Crippen molar-refractivity contribution in [3.8, 4) is 0 Å². The summed E-state index contributed by atoms with van der Waals surface area (Å²) >= 11 is 0. The van der Waals surface area contributed by atoms with Crippen molar-refractivity contribution in [1.29, 1.82) is 0 Å². The average molecular weight is 905 g/mol. The number of carbonyl (C=O) groups is 1. The van der Waals surface area contributed by atoms with Crippen molar-refractivity contribution in [2.45, 2.75) is 198 Å². The predicted molar refractivity (Wildman–Crippen MR) is 231 cm³/mol. The average Bonchev–Trinajstić information content (AvgIpc) is 3.70. The van der Waals surface area contributed by atoms with Gasteiger partial charge in [-0.25, -0.2) is 9.07 Å². The Kier molecular flexibility index (Phi) is 18.9. The quantitative estimate of drug-likeness (QED) is 0.154. The highest BCUT2D eigenvalue weighted by Crippen LogP contribution is 2.40. The molecule has 19 atom stereocenters. The van der Waals surface area contributed by atoms with Crippen LogP contribution in [0.3, 0.4) is 0 Å². The summed E-state index contributed by atoms with van der Waals surface area (Å²) in [5, 5.41) is 67.5. The number of rotatable bonds is 13. The van der Waals surface area contributed by atoms with Gasteiger partial charge in [0.05, 0.1) is 53.3 Å². The standard InChI is InChI=1S/C44H81FN6O12/c1-14-33-44(10,57)37(53)28(6)50(12)22-24(2)18-42(8,56)39(26(4)36(27(5)40(55)61-33)62-34-19-43(9,58-13)38(54)29(7)60-34)63-41-35(52)32(17-25(3)59-41)49(11)16-15-30-23-51(48-47-30)31(20-45)21-46/h23-29,31-39,41,52-54,56-57H,14-22,46H2,1-13H3/t24-,25-,26+,27-,28-,29+,31?,32+,33-,34+,35-,36+,37-,38+,39-,41+,42-,43-,44-/m1/s1. The number of alkyl halides is 1. The number of nitrogens with zero attached hydrogens (tertiary/aromatic N) is 5. The van der Waals surface area contributed by atoms with Gasteiger partial charge in [0.15, 0.2) is 12.6 Å². The van der Waals surface area contributed by atoms with E-state index in [1.165, 1.54) is 18.7 Å². The van der Waals surface area contributed by atoms with E-state index in [0.29, 0.717) is 31.6 Å². The molecule has 0 saturated carbocycles. The maximum atomic E-state index is 14.4. The lowest BCUT2D eigenvalue weighted by Gasteiger charge is -2.49. The number of aromatic nitrogens is 3. The molecule has 3 fully saturated rings. The fourth-order valence-electron chi connectivity index (χ4n) is 9.97. The van der Waals surface area contributed by atoms with Gasteiger partial charge in [-0.3, -0.25) is 4.79 Å². The highest BCUT2D eigenvalue weighted by molar-refractivity contribution is 5.73. The van der Waals surface area contributed by atoms with E-state index in [-0.39, 0.29) is 37.8 Å². The van der Waals surface area contributed by atoms with Gasteiger partial charge >= 0.3 is 5.97 Å². The van der Waals surface area contributed by atoms with Crippen molar-refractivity contribution >= 4 is 5.97 Å². The van der Waals surface area contributed by atoms with Gasteiger partial charge in [-0.15, -0.1) is 5.10 Å². The summed E-state index contributed by atoms with van der Waals surface area (Å²) in [6.45, 7) is 17.7. The molecule has 366 valence electrons. The predicted octanol–water partition coefficient (Wildman–Crippen LogP) is 1.57. The molecule has 7 N–H and O–H groups in total.